The third kappa shape index (κ3) is 3.36. The SMILES string of the molecule is COc1ccc(OC)c(C2=C/C(=C\c3ccc(Br)cc3)C(=O)O2)c1. The number of cyclic esters (lactones) is 1. The first-order valence-electron chi connectivity index (χ1n) is 7.24. The van der Waals surface area contributed by atoms with Crippen LogP contribution in [-0.4, -0.2) is 20.2 Å². The highest BCUT2D eigenvalue weighted by atomic mass is 79.9. The summed E-state index contributed by atoms with van der Waals surface area (Å²) in [5.41, 5.74) is 2.07. The van der Waals surface area contributed by atoms with Gasteiger partial charge in [-0.05, 0) is 48.0 Å². The zero-order valence-corrected chi connectivity index (χ0v) is 14.8. The van der Waals surface area contributed by atoms with Gasteiger partial charge in [0.25, 0.3) is 0 Å². The van der Waals surface area contributed by atoms with Crippen LogP contribution in [0.2, 0.25) is 0 Å². The Morgan fingerprint density at radius 2 is 1.79 bits per heavy atom. The molecule has 0 saturated heterocycles. The average molecular weight is 387 g/mol. The number of hydrogen-bond donors (Lipinski definition) is 0. The lowest BCUT2D eigenvalue weighted by Gasteiger charge is -2.10. The Morgan fingerprint density at radius 3 is 2.46 bits per heavy atom. The first-order valence-corrected chi connectivity index (χ1v) is 8.03. The summed E-state index contributed by atoms with van der Waals surface area (Å²) < 4.78 is 17.0. The normalized spacial score (nSPS) is 15.2. The minimum atomic E-state index is -0.391. The molecule has 2 aromatic carbocycles. The zero-order chi connectivity index (χ0) is 17.1. The standard InChI is InChI=1S/C19H15BrO4/c1-22-15-7-8-17(23-2)16(11-15)18-10-13(19(21)24-18)9-12-3-5-14(20)6-4-12/h3-11H,1-2H3/b13-9+. The van der Waals surface area contributed by atoms with Crippen molar-refractivity contribution in [2.45, 2.75) is 0 Å². The van der Waals surface area contributed by atoms with Crippen LogP contribution in [0.15, 0.2) is 58.6 Å². The number of methoxy groups -OCH3 is 2. The summed E-state index contributed by atoms with van der Waals surface area (Å²) in [4.78, 5) is 12.2. The second-order valence-corrected chi connectivity index (χ2v) is 6.03. The molecule has 0 saturated carbocycles. The molecule has 0 unspecified atom stereocenters. The number of ether oxygens (including phenoxy) is 3. The topological polar surface area (TPSA) is 44.8 Å². The second-order valence-electron chi connectivity index (χ2n) is 5.12. The van der Waals surface area contributed by atoms with Crippen LogP contribution < -0.4 is 9.47 Å². The van der Waals surface area contributed by atoms with Crippen LogP contribution in [0.4, 0.5) is 0 Å². The van der Waals surface area contributed by atoms with Crippen LogP contribution in [0.3, 0.4) is 0 Å². The monoisotopic (exact) mass is 386 g/mol. The second kappa shape index (κ2) is 6.93. The fraction of sp³-hybridized carbons (Fsp3) is 0.105. The summed E-state index contributed by atoms with van der Waals surface area (Å²) in [5.74, 6) is 1.32. The van der Waals surface area contributed by atoms with Gasteiger partial charge in [0.2, 0.25) is 0 Å². The van der Waals surface area contributed by atoms with Gasteiger partial charge in [-0.2, -0.15) is 0 Å². The van der Waals surface area contributed by atoms with Crippen molar-refractivity contribution in [3.63, 3.8) is 0 Å². The van der Waals surface area contributed by atoms with Crippen LogP contribution in [0, 0.1) is 0 Å². The van der Waals surface area contributed by atoms with Crippen LogP contribution in [0.5, 0.6) is 11.5 Å². The van der Waals surface area contributed by atoms with Crippen LogP contribution in [0.25, 0.3) is 11.8 Å². The number of carbonyl (C=O) groups excluding carboxylic acids is 1. The molecule has 0 atom stereocenters. The van der Waals surface area contributed by atoms with Crippen molar-refractivity contribution < 1.29 is 19.0 Å². The largest absolute Gasteiger partial charge is 0.497 e. The van der Waals surface area contributed by atoms with E-state index in [4.69, 9.17) is 14.2 Å². The number of hydrogen-bond acceptors (Lipinski definition) is 4. The Morgan fingerprint density at radius 1 is 1.04 bits per heavy atom. The van der Waals surface area contributed by atoms with Gasteiger partial charge >= 0.3 is 5.97 Å². The lowest BCUT2D eigenvalue weighted by Crippen LogP contribution is -1.98. The Hall–Kier alpha value is -2.53. The van der Waals surface area contributed by atoms with Crippen molar-refractivity contribution in [2.24, 2.45) is 0 Å². The third-order valence-electron chi connectivity index (χ3n) is 3.59. The minimum absolute atomic E-state index is 0.391. The molecular formula is C19H15BrO4. The van der Waals surface area contributed by atoms with E-state index in [9.17, 15) is 4.79 Å². The molecule has 1 heterocycles. The maximum absolute atomic E-state index is 12.2. The molecule has 24 heavy (non-hydrogen) atoms. The average Bonchev–Trinajstić information content (AvgIpc) is 2.97. The smallest absolute Gasteiger partial charge is 0.343 e. The van der Waals surface area contributed by atoms with E-state index in [1.54, 1.807) is 44.6 Å². The van der Waals surface area contributed by atoms with E-state index in [0.717, 1.165) is 10.0 Å². The number of rotatable bonds is 4. The quantitative estimate of drug-likeness (QED) is 0.575. The molecular weight excluding hydrogens is 372 g/mol. The van der Waals surface area contributed by atoms with Crippen molar-refractivity contribution in [3.05, 3.63) is 69.7 Å². The van der Waals surface area contributed by atoms with Crippen LogP contribution >= 0.6 is 15.9 Å². The predicted molar refractivity (Wildman–Crippen MR) is 95.7 cm³/mol. The molecule has 0 amide bonds. The van der Waals surface area contributed by atoms with Gasteiger partial charge in [0.15, 0.2) is 0 Å². The third-order valence-corrected chi connectivity index (χ3v) is 4.12. The van der Waals surface area contributed by atoms with Crippen molar-refractivity contribution in [1.82, 2.24) is 0 Å². The van der Waals surface area contributed by atoms with Crippen LogP contribution in [-0.2, 0) is 9.53 Å². The zero-order valence-electron chi connectivity index (χ0n) is 13.2. The molecule has 3 rings (SSSR count). The molecule has 122 valence electrons. The van der Waals surface area contributed by atoms with E-state index in [-0.39, 0.29) is 0 Å². The highest BCUT2D eigenvalue weighted by Gasteiger charge is 2.24. The number of esters is 1. The molecule has 1 aliphatic heterocycles. The van der Waals surface area contributed by atoms with E-state index < -0.39 is 5.97 Å². The van der Waals surface area contributed by atoms with Gasteiger partial charge in [0.05, 0.1) is 25.4 Å². The van der Waals surface area contributed by atoms with Gasteiger partial charge in [0, 0.05) is 4.47 Å². The highest BCUT2D eigenvalue weighted by molar-refractivity contribution is 9.10. The molecule has 0 radical (unpaired) electrons. The molecule has 5 heteroatoms. The summed E-state index contributed by atoms with van der Waals surface area (Å²) in [6.45, 7) is 0. The Bertz CT molecular complexity index is 835. The number of benzene rings is 2. The van der Waals surface area contributed by atoms with E-state index in [2.05, 4.69) is 15.9 Å². The summed E-state index contributed by atoms with van der Waals surface area (Å²) in [7, 11) is 3.15. The fourth-order valence-electron chi connectivity index (χ4n) is 2.37. The Labute approximate surface area is 148 Å². The first-order chi connectivity index (χ1) is 11.6. The van der Waals surface area contributed by atoms with Gasteiger partial charge in [-0.25, -0.2) is 4.79 Å². The minimum Gasteiger partial charge on any atom is -0.497 e. The molecule has 2 aromatic rings. The summed E-state index contributed by atoms with van der Waals surface area (Å²) in [6.07, 6.45) is 3.50. The van der Waals surface area contributed by atoms with Crippen molar-refractivity contribution >= 4 is 33.7 Å². The molecule has 0 aliphatic carbocycles. The van der Waals surface area contributed by atoms with Crippen LogP contribution in [0.1, 0.15) is 11.1 Å². The maximum Gasteiger partial charge on any atom is 0.343 e. The van der Waals surface area contributed by atoms with Gasteiger partial charge in [0.1, 0.15) is 17.3 Å². The van der Waals surface area contributed by atoms with Crippen molar-refractivity contribution in [2.75, 3.05) is 14.2 Å². The first kappa shape index (κ1) is 16.3. The highest BCUT2D eigenvalue weighted by Crippen LogP contribution is 2.35. The van der Waals surface area contributed by atoms with Gasteiger partial charge in [-0.15, -0.1) is 0 Å². The molecule has 0 N–H and O–H groups in total. The van der Waals surface area contributed by atoms with E-state index in [0.29, 0.717) is 28.4 Å². The lowest BCUT2D eigenvalue weighted by atomic mass is 10.1. The van der Waals surface area contributed by atoms with Crippen molar-refractivity contribution in [1.29, 1.82) is 0 Å². The summed E-state index contributed by atoms with van der Waals surface area (Å²) in [5, 5.41) is 0. The number of halogens is 1. The van der Waals surface area contributed by atoms with Gasteiger partial charge in [-0.1, -0.05) is 28.1 Å². The molecule has 0 spiro atoms. The van der Waals surface area contributed by atoms with Gasteiger partial charge in [-0.3, -0.25) is 0 Å². The molecule has 4 nitrogen and oxygen atoms in total. The Kier molecular flexibility index (Phi) is 4.71. The predicted octanol–water partition coefficient (Wildman–Crippen LogP) is 4.45. The molecule has 1 aliphatic rings. The Balaban J connectivity index is 1.98. The van der Waals surface area contributed by atoms with Gasteiger partial charge < -0.3 is 14.2 Å². The fourth-order valence-corrected chi connectivity index (χ4v) is 2.63. The molecule has 0 bridgehead atoms. The molecule has 0 fully saturated rings. The number of carbonyl (C=O) groups is 1. The summed E-state index contributed by atoms with van der Waals surface area (Å²) >= 11 is 3.39. The lowest BCUT2D eigenvalue weighted by molar-refractivity contribution is -0.130. The van der Waals surface area contributed by atoms with E-state index >= 15 is 0 Å². The maximum atomic E-state index is 12.2. The molecule has 0 aromatic heterocycles. The van der Waals surface area contributed by atoms with E-state index in [1.165, 1.54) is 0 Å². The van der Waals surface area contributed by atoms with Crippen molar-refractivity contribution in [3.8, 4) is 11.5 Å². The summed E-state index contributed by atoms with van der Waals surface area (Å²) in [6, 6.07) is 13.0. The van der Waals surface area contributed by atoms with E-state index in [1.807, 2.05) is 24.3 Å².